The third-order valence-corrected chi connectivity index (χ3v) is 3.36. The first-order chi connectivity index (χ1) is 8.13. The van der Waals surface area contributed by atoms with Crippen LogP contribution in [-0.4, -0.2) is 80.5 Å². The standard InChI is InChI=1S/C12H26N4O/c1-14-8-10-16(11-9-14)7-4-12(17)15(2)6-3-5-13/h3-11,13H2,1-2H3. The van der Waals surface area contributed by atoms with Crippen LogP contribution in [0.2, 0.25) is 0 Å². The van der Waals surface area contributed by atoms with Crippen molar-refractivity contribution >= 4 is 5.91 Å². The van der Waals surface area contributed by atoms with Gasteiger partial charge in [0.05, 0.1) is 0 Å². The molecule has 1 aliphatic heterocycles. The number of hydrogen-bond donors (Lipinski definition) is 1. The van der Waals surface area contributed by atoms with Crippen molar-refractivity contribution in [2.24, 2.45) is 5.73 Å². The number of carbonyl (C=O) groups excluding carboxylic acids is 1. The highest BCUT2D eigenvalue weighted by Crippen LogP contribution is 2.01. The zero-order chi connectivity index (χ0) is 12.7. The summed E-state index contributed by atoms with van der Waals surface area (Å²) in [6.45, 7) is 6.69. The number of nitrogens with zero attached hydrogens (tertiary/aromatic N) is 3. The van der Waals surface area contributed by atoms with Crippen molar-refractivity contribution < 1.29 is 4.79 Å². The molecule has 0 aliphatic carbocycles. The second-order valence-corrected chi connectivity index (χ2v) is 4.85. The van der Waals surface area contributed by atoms with Crippen LogP contribution < -0.4 is 5.73 Å². The van der Waals surface area contributed by atoms with Gasteiger partial charge in [-0.3, -0.25) is 4.79 Å². The van der Waals surface area contributed by atoms with Gasteiger partial charge in [-0.05, 0) is 20.0 Å². The smallest absolute Gasteiger partial charge is 0.223 e. The third-order valence-electron chi connectivity index (χ3n) is 3.36. The fourth-order valence-electron chi connectivity index (χ4n) is 1.97. The van der Waals surface area contributed by atoms with E-state index >= 15 is 0 Å². The van der Waals surface area contributed by atoms with E-state index in [0.717, 1.165) is 45.7 Å². The van der Waals surface area contributed by atoms with Gasteiger partial charge in [0.1, 0.15) is 0 Å². The summed E-state index contributed by atoms with van der Waals surface area (Å²) in [6.07, 6.45) is 1.52. The average molecular weight is 242 g/mol. The van der Waals surface area contributed by atoms with Crippen LogP contribution in [0.3, 0.4) is 0 Å². The van der Waals surface area contributed by atoms with Gasteiger partial charge in [-0.1, -0.05) is 0 Å². The minimum absolute atomic E-state index is 0.234. The number of amides is 1. The number of hydrogen-bond acceptors (Lipinski definition) is 4. The quantitative estimate of drug-likeness (QED) is 0.678. The maximum atomic E-state index is 11.8. The van der Waals surface area contributed by atoms with Gasteiger partial charge in [-0.15, -0.1) is 0 Å². The molecule has 0 spiro atoms. The number of likely N-dealkylation sites (N-methyl/N-ethyl adjacent to an activating group) is 1. The zero-order valence-electron chi connectivity index (χ0n) is 11.2. The van der Waals surface area contributed by atoms with Crippen molar-refractivity contribution in [3.63, 3.8) is 0 Å². The van der Waals surface area contributed by atoms with Gasteiger partial charge in [0.2, 0.25) is 5.91 Å². The lowest BCUT2D eigenvalue weighted by atomic mass is 10.2. The van der Waals surface area contributed by atoms with Gasteiger partial charge in [-0.25, -0.2) is 0 Å². The van der Waals surface area contributed by atoms with Crippen LogP contribution in [0.15, 0.2) is 0 Å². The van der Waals surface area contributed by atoms with Crippen LogP contribution in [0.5, 0.6) is 0 Å². The lowest BCUT2D eigenvalue weighted by Crippen LogP contribution is -2.45. The normalized spacial score (nSPS) is 18.3. The fourth-order valence-corrected chi connectivity index (χ4v) is 1.97. The Kier molecular flexibility index (Phi) is 6.47. The molecule has 0 atom stereocenters. The van der Waals surface area contributed by atoms with Crippen LogP contribution in [0, 0.1) is 0 Å². The van der Waals surface area contributed by atoms with Crippen molar-refractivity contribution in [3.8, 4) is 0 Å². The number of piperazine rings is 1. The van der Waals surface area contributed by atoms with Crippen molar-refractivity contribution in [1.29, 1.82) is 0 Å². The van der Waals surface area contributed by atoms with E-state index in [-0.39, 0.29) is 5.91 Å². The van der Waals surface area contributed by atoms with E-state index in [1.807, 2.05) is 7.05 Å². The van der Waals surface area contributed by atoms with E-state index < -0.39 is 0 Å². The van der Waals surface area contributed by atoms with Gasteiger partial charge in [0, 0.05) is 52.7 Å². The number of rotatable bonds is 6. The second kappa shape index (κ2) is 7.63. The molecular weight excluding hydrogens is 216 g/mol. The van der Waals surface area contributed by atoms with Crippen LogP contribution >= 0.6 is 0 Å². The van der Waals surface area contributed by atoms with Crippen molar-refractivity contribution in [2.45, 2.75) is 12.8 Å². The summed E-state index contributed by atoms with van der Waals surface area (Å²) in [5.74, 6) is 0.234. The molecule has 1 fully saturated rings. The molecule has 1 saturated heterocycles. The summed E-state index contributed by atoms with van der Waals surface area (Å²) in [7, 11) is 4.01. The molecule has 1 aliphatic rings. The highest BCUT2D eigenvalue weighted by Gasteiger charge is 2.15. The molecule has 0 saturated carbocycles. The molecule has 0 aromatic carbocycles. The lowest BCUT2D eigenvalue weighted by molar-refractivity contribution is -0.130. The highest BCUT2D eigenvalue weighted by molar-refractivity contribution is 5.76. The van der Waals surface area contributed by atoms with Crippen molar-refractivity contribution in [3.05, 3.63) is 0 Å². The first-order valence-electron chi connectivity index (χ1n) is 6.48. The summed E-state index contributed by atoms with van der Waals surface area (Å²) in [4.78, 5) is 18.3. The molecule has 1 rings (SSSR count). The average Bonchev–Trinajstić information content (AvgIpc) is 2.34. The molecule has 100 valence electrons. The lowest BCUT2D eigenvalue weighted by Gasteiger charge is -2.32. The maximum Gasteiger partial charge on any atom is 0.223 e. The monoisotopic (exact) mass is 242 g/mol. The van der Waals surface area contributed by atoms with Crippen LogP contribution in [0.1, 0.15) is 12.8 Å². The largest absolute Gasteiger partial charge is 0.346 e. The Morgan fingerprint density at radius 2 is 1.94 bits per heavy atom. The van der Waals surface area contributed by atoms with Crippen molar-refractivity contribution in [2.75, 3.05) is 59.9 Å². The predicted molar refractivity (Wildman–Crippen MR) is 69.9 cm³/mol. The van der Waals surface area contributed by atoms with Gasteiger partial charge in [-0.2, -0.15) is 0 Å². The molecule has 17 heavy (non-hydrogen) atoms. The summed E-state index contributed by atoms with van der Waals surface area (Å²) < 4.78 is 0. The zero-order valence-corrected chi connectivity index (χ0v) is 11.2. The maximum absolute atomic E-state index is 11.8. The van der Waals surface area contributed by atoms with Crippen LogP contribution in [0.25, 0.3) is 0 Å². The van der Waals surface area contributed by atoms with Crippen LogP contribution in [0.4, 0.5) is 0 Å². The molecule has 5 nitrogen and oxygen atoms in total. The van der Waals surface area contributed by atoms with E-state index in [9.17, 15) is 4.79 Å². The fraction of sp³-hybridized carbons (Fsp3) is 0.917. The SMILES string of the molecule is CN1CCN(CCC(=O)N(C)CCCN)CC1. The molecular formula is C12H26N4O. The Bertz CT molecular complexity index is 227. The van der Waals surface area contributed by atoms with E-state index in [4.69, 9.17) is 5.73 Å². The second-order valence-electron chi connectivity index (χ2n) is 4.85. The number of nitrogens with two attached hydrogens (primary N) is 1. The van der Waals surface area contributed by atoms with Gasteiger partial charge < -0.3 is 20.4 Å². The Labute approximate surface area is 105 Å². The minimum Gasteiger partial charge on any atom is -0.346 e. The Hall–Kier alpha value is -0.650. The van der Waals surface area contributed by atoms with Gasteiger partial charge in [0.25, 0.3) is 0 Å². The van der Waals surface area contributed by atoms with Crippen molar-refractivity contribution in [1.82, 2.24) is 14.7 Å². The third kappa shape index (κ3) is 5.48. The highest BCUT2D eigenvalue weighted by atomic mass is 16.2. The number of carbonyl (C=O) groups is 1. The predicted octanol–water partition coefficient (Wildman–Crippen LogP) is -0.569. The topological polar surface area (TPSA) is 52.8 Å². The molecule has 0 aromatic rings. The molecule has 0 radical (unpaired) electrons. The first-order valence-corrected chi connectivity index (χ1v) is 6.48. The van der Waals surface area contributed by atoms with E-state index in [1.165, 1.54) is 0 Å². The molecule has 0 aromatic heterocycles. The Balaban J connectivity index is 2.14. The molecule has 0 bridgehead atoms. The molecule has 1 amide bonds. The Morgan fingerprint density at radius 3 is 2.53 bits per heavy atom. The van der Waals surface area contributed by atoms with Gasteiger partial charge in [0.15, 0.2) is 0 Å². The molecule has 5 heteroatoms. The Morgan fingerprint density at radius 1 is 1.29 bits per heavy atom. The summed E-state index contributed by atoms with van der Waals surface area (Å²) in [6, 6.07) is 0. The minimum atomic E-state index is 0.234. The molecule has 1 heterocycles. The summed E-state index contributed by atoms with van der Waals surface area (Å²) >= 11 is 0. The first kappa shape index (κ1) is 14.4. The molecule has 2 N–H and O–H groups in total. The summed E-state index contributed by atoms with van der Waals surface area (Å²) in [5, 5.41) is 0. The van der Waals surface area contributed by atoms with Crippen LogP contribution in [-0.2, 0) is 4.79 Å². The summed E-state index contributed by atoms with van der Waals surface area (Å²) in [5.41, 5.74) is 5.43. The molecule has 0 unspecified atom stereocenters. The van der Waals surface area contributed by atoms with E-state index in [0.29, 0.717) is 13.0 Å². The van der Waals surface area contributed by atoms with E-state index in [2.05, 4.69) is 16.8 Å². The van der Waals surface area contributed by atoms with Gasteiger partial charge >= 0.3 is 0 Å². The van der Waals surface area contributed by atoms with E-state index in [1.54, 1.807) is 4.90 Å².